The maximum absolute atomic E-state index is 13.8. The predicted molar refractivity (Wildman–Crippen MR) is 175 cm³/mol. The summed E-state index contributed by atoms with van der Waals surface area (Å²) in [5.74, 6) is 0.684. The van der Waals surface area contributed by atoms with E-state index in [2.05, 4.69) is 21.8 Å². The van der Waals surface area contributed by atoms with Crippen molar-refractivity contribution in [1.29, 1.82) is 0 Å². The molecule has 5 aliphatic rings. The number of nitrogens with one attached hydrogen (secondary N) is 1. The summed E-state index contributed by atoms with van der Waals surface area (Å²) >= 11 is 6.41. The van der Waals surface area contributed by atoms with Crippen LogP contribution in [0.5, 0.6) is 5.75 Å². The van der Waals surface area contributed by atoms with Crippen LogP contribution in [0.25, 0.3) is 0 Å². The van der Waals surface area contributed by atoms with E-state index < -0.39 is 33.4 Å². The number of halogens is 1. The maximum Gasteiger partial charge on any atom is 0.264 e. The van der Waals surface area contributed by atoms with Gasteiger partial charge in [-0.2, -0.15) is 0 Å². The third-order valence-electron chi connectivity index (χ3n) is 11.0. The Morgan fingerprint density at radius 1 is 1.16 bits per heavy atom. The Morgan fingerprint density at radius 2 is 2.00 bits per heavy atom. The van der Waals surface area contributed by atoms with Crippen molar-refractivity contribution in [2.75, 3.05) is 31.7 Å². The van der Waals surface area contributed by atoms with Crippen LogP contribution in [0.2, 0.25) is 5.02 Å². The van der Waals surface area contributed by atoms with Crippen LogP contribution in [-0.4, -0.2) is 63.7 Å². The van der Waals surface area contributed by atoms with Gasteiger partial charge in [-0.1, -0.05) is 42.7 Å². The summed E-state index contributed by atoms with van der Waals surface area (Å²) in [7, 11) is -2.55. The Labute approximate surface area is 271 Å². The van der Waals surface area contributed by atoms with Gasteiger partial charge >= 0.3 is 0 Å². The number of nitrogens with zero attached hydrogens (tertiary/aromatic N) is 1. The summed E-state index contributed by atoms with van der Waals surface area (Å²) in [4.78, 5) is 16.0. The van der Waals surface area contributed by atoms with Crippen molar-refractivity contribution < 1.29 is 27.8 Å². The molecule has 2 aromatic rings. The molecule has 1 amide bonds. The summed E-state index contributed by atoms with van der Waals surface area (Å²) in [6, 6.07) is 11.4. The number of carbonyl (C=O) groups is 1. The molecule has 45 heavy (non-hydrogen) atoms. The summed E-state index contributed by atoms with van der Waals surface area (Å²) in [5.41, 5.74) is 3.29. The Kier molecular flexibility index (Phi) is 8.42. The molecule has 6 atom stereocenters. The monoisotopic (exact) mass is 654 g/mol. The molecule has 0 unspecified atom stereocenters. The van der Waals surface area contributed by atoms with Gasteiger partial charge in [0.2, 0.25) is 10.0 Å². The second-order valence-electron chi connectivity index (χ2n) is 13.9. The van der Waals surface area contributed by atoms with Gasteiger partial charge in [-0.3, -0.25) is 4.79 Å². The Hall–Kier alpha value is -2.59. The molecule has 10 heteroatoms. The number of rotatable bonds is 3. The van der Waals surface area contributed by atoms with Gasteiger partial charge in [0.15, 0.2) is 0 Å². The number of carbonyl (C=O) groups excluding carboxylic acids is 1. The van der Waals surface area contributed by atoms with Crippen LogP contribution in [0.4, 0.5) is 5.69 Å². The van der Waals surface area contributed by atoms with Crippen LogP contribution in [0.15, 0.2) is 48.6 Å². The van der Waals surface area contributed by atoms with Gasteiger partial charge in [-0.05, 0) is 104 Å². The fraction of sp³-hybridized carbons (Fsp3) is 0.571. The van der Waals surface area contributed by atoms with Crippen molar-refractivity contribution in [2.24, 2.45) is 17.8 Å². The van der Waals surface area contributed by atoms with Crippen molar-refractivity contribution in [2.45, 2.75) is 80.7 Å². The molecule has 2 fully saturated rings. The van der Waals surface area contributed by atoms with E-state index in [0.717, 1.165) is 55.7 Å². The van der Waals surface area contributed by atoms with Gasteiger partial charge in [0.25, 0.3) is 5.91 Å². The first-order chi connectivity index (χ1) is 21.7. The third kappa shape index (κ3) is 6.13. The van der Waals surface area contributed by atoms with Gasteiger partial charge in [-0.15, -0.1) is 0 Å². The number of methoxy groups -OCH3 is 1. The second kappa shape index (κ2) is 12.2. The van der Waals surface area contributed by atoms with Crippen molar-refractivity contribution in [1.82, 2.24) is 4.72 Å². The minimum absolute atomic E-state index is 0.0913. The van der Waals surface area contributed by atoms with Crippen molar-refractivity contribution in [3.05, 3.63) is 70.3 Å². The highest BCUT2D eigenvalue weighted by Gasteiger charge is 2.45. The number of aliphatic hydroxyl groups is 1. The van der Waals surface area contributed by atoms with Crippen LogP contribution in [0.1, 0.15) is 72.9 Å². The van der Waals surface area contributed by atoms with E-state index in [0.29, 0.717) is 44.2 Å². The van der Waals surface area contributed by atoms with Crippen LogP contribution < -0.4 is 14.4 Å². The molecule has 2 aliphatic heterocycles. The number of anilines is 1. The lowest BCUT2D eigenvalue weighted by Gasteiger charge is -2.45. The SMILES string of the molecule is CO[C@@H]1C/C=C/[C@H](O)[C@@H]2CC[C@H]2CN2C[C@@]3(CCCc4cc(Cl)ccc43)COc3ccc(cc32)C(=O)NS(=O)(=O)[C@H]1CC1CC1. The Balaban J connectivity index is 1.28. The number of aryl methyl sites for hydroxylation is 1. The zero-order valence-corrected chi connectivity index (χ0v) is 27.4. The summed E-state index contributed by atoms with van der Waals surface area (Å²) in [6.45, 7) is 1.88. The Bertz CT molecular complexity index is 1590. The summed E-state index contributed by atoms with van der Waals surface area (Å²) < 4.78 is 42.2. The van der Waals surface area contributed by atoms with E-state index in [1.54, 1.807) is 18.2 Å². The van der Waals surface area contributed by atoms with E-state index in [1.165, 1.54) is 18.2 Å². The second-order valence-corrected chi connectivity index (χ2v) is 16.2. The smallest absolute Gasteiger partial charge is 0.264 e. The summed E-state index contributed by atoms with van der Waals surface area (Å²) in [5, 5.41) is 11.1. The molecule has 2 N–H and O–H groups in total. The number of hydrogen-bond donors (Lipinski definition) is 2. The molecule has 242 valence electrons. The van der Waals surface area contributed by atoms with E-state index in [-0.39, 0.29) is 22.8 Å². The molecule has 0 aromatic heterocycles. The van der Waals surface area contributed by atoms with Gasteiger partial charge in [-0.25, -0.2) is 13.1 Å². The standard InChI is InChI=1S/C35H43ClN2O6S/c1-43-32-6-2-5-30(39)27-12-9-25(27)19-38-20-35(15-3-4-23-17-26(36)11-13-28(23)35)21-44-31-14-10-24(18-29(31)38)34(40)37-45(41,42)33(32)16-22-7-8-22/h2,5,10-11,13-14,17-18,22,25,27,30,32-33,39H,3-4,6-9,12,15-16,19-21H2,1H3,(H,37,40)/b5-2+/t25-,27+,30-,32+,33-,35-/m0/s1. The highest BCUT2D eigenvalue weighted by Crippen LogP contribution is 2.47. The normalized spacial score (nSPS) is 33.5. The molecule has 1 spiro atoms. The molecule has 2 aromatic carbocycles. The van der Waals surface area contributed by atoms with Gasteiger partial charge in [0.1, 0.15) is 11.0 Å². The molecular formula is C35H43ClN2O6S. The van der Waals surface area contributed by atoms with Crippen LogP contribution in [0, 0.1) is 17.8 Å². The van der Waals surface area contributed by atoms with Gasteiger partial charge < -0.3 is 19.5 Å². The molecule has 3 aliphatic carbocycles. The largest absolute Gasteiger partial charge is 0.490 e. The molecule has 7 rings (SSSR count). The third-order valence-corrected chi connectivity index (χ3v) is 13.0. The number of aliphatic hydroxyl groups excluding tert-OH is 1. The van der Waals surface area contributed by atoms with Crippen LogP contribution >= 0.6 is 11.6 Å². The van der Waals surface area contributed by atoms with Crippen LogP contribution in [0.3, 0.4) is 0 Å². The van der Waals surface area contributed by atoms with E-state index in [1.807, 2.05) is 18.2 Å². The van der Waals surface area contributed by atoms with E-state index in [4.69, 9.17) is 21.1 Å². The highest BCUT2D eigenvalue weighted by molar-refractivity contribution is 7.90. The van der Waals surface area contributed by atoms with E-state index in [9.17, 15) is 18.3 Å². The average molecular weight is 655 g/mol. The number of hydrogen-bond acceptors (Lipinski definition) is 7. The van der Waals surface area contributed by atoms with Crippen molar-refractivity contribution in [3.63, 3.8) is 0 Å². The number of benzene rings is 2. The average Bonchev–Trinajstić information content (AvgIpc) is 3.83. The van der Waals surface area contributed by atoms with Gasteiger partial charge in [0, 0.05) is 36.2 Å². The zero-order chi connectivity index (χ0) is 31.3. The number of ether oxygens (including phenoxy) is 2. The first kappa shape index (κ1) is 31.0. The minimum Gasteiger partial charge on any atom is -0.490 e. The fourth-order valence-electron chi connectivity index (χ4n) is 8.13. The van der Waals surface area contributed by atoms with Gasteiger partial charge in [0.05, 0.1) is 24.5 Å². The lowest BCUT2D eigenvalue weighted by atomic mass is 9.68. The Morgan fingerprint density at radius 3 is 2.76 bits per heavy atom. The van der Waals surface area contributed by atoms with Crippen LogP contribution in [-0.2, 0) is 26.6 Å². The van der Waals surface area contributed by atoms with E-state index >= 15 is 0 Å². The van der Waals surface area contributed by atoms with Crippen molar-refractivity contribution >= 4 is 33.2 Å². The number of amides is 1. The lowest BCUT2D eigenvalue weighted by Crippen LogP contribution is -2.49. The lowest BCUT2D eigenvalue weighted by molar-refractivity contribution is 0.0451. The topological polar surface area (TPSA) is 105 Å². The number of sulfonamides is 1. The predicted octanol–water partition coefficient (Wildman–Crippen LogP) is 5.40. The number of fused-ring (bicyclic) bond motifs is 4. The minimum atomic E-state index is -4.06. The first-order valence-electron chi connectivity index (χ1n) is 16.4. The quantitative estimate of drug-likeness (QED) is 0.427. The molecule has 2 heterocycles. The molecule has 0 radical (unpaired) electrons. The molecule has 2 bridgehead atoms. The fourth-order valence-corrected chi connectivity index (χ4v) is 10.00. The molecule has 8 nitrogen and oxygen atoms in total. The maximum atomic E-state index is 13.8. The molecule has 2 saturated carbocycles. The highest BCUT2D eigenvalue weighted by atomic mass is 35.5. The zero-order valence-electron chi connectivity index (χ0n) is 25.8. The summed E-state index contributed by atoms with van der Waals surface area (Å²) in [6.07, 6.45) is 10.0. The van der Waals surface area contributed by atoms with Crippen molar-refractivity contribution in [3.8, 4) is 5.75 Å². The first-order valence-corrected chi connectivity index (χ1v) is 18.3. The molecule has 0 saturated heterocycles. The molecular weight excluding hydrogens is 612 g/mol.